The minimum atomic E-state index is 0.759. The minimum Gasteiger partial charge on any atom is -0.316 e. The van der Waals surface area contributed by atoms with Crippen molar-refractivity contribution in [1.82, 2.24) is 15.1 Å². The molecule has 1 N–H and O–H groups in total. The second-order valence-corrected chi connectivity index (χ2v) is 5.72. The van der Waals surface area contributed by atoms with E-state index in [0.717, 1.165) is 31.1 Å². The first kappa shape index (κ1) is 13.1. The van der Waals surface area contributed by atoms with Crippen molar-refractivity contribution in [2.24, 2.45) is 5.92 Å². The molecule has 1 aliphatic rings. The van der Waals surface area contributed by atoms with Gasteiger partial charge in [-0.2, -0.15) is 5.10 Å². The monoisotopic (exact) mass is 299 g/mol. The topological polar surface area (TPSA) is 29.9 Å². The van der Waals surface area contributed by atoms with Crippen LogP contribution in [0.2, 0.25) is 0 Å². The van der Waals surface area contributed by atoms with Gasteiger partial charge in [0.1, 0.15) is 0 Å². The van der Waals surface area contributed by atoms with Gasteiger partial charge in [0.25, 0.3) is 0 Å². The highest BCUT2D eigenvalue weighted by Gasteiger charge is 2.18. The molecular weight excluding hydrogens is 278 g/mol. The van der Waals surface area contributed by atoms with Crippen LogP contribution in [0.15, 0.2) is 4.47 Å². The van der Waals surface area contributed by atoms with Crippen LogP contribution >= 0.6 is 15.9 Å². The average molecular weight is 300 g/mol. The van der Waals surface area contributed by atoms with Crippen LogP contribution in [0.1, 0.15) is 37.6 Å². The summed E-state index contributed by atoms with van der Waals surface area (Å²) in [4.78, 5) is 0. The fraction of sp³-hybridized carbons (Fsp3) is 0.769. The van der Waals surface area contributed by atoms with Crippen molar-refractivity contribution >= 4 is 15.9 Å². The second-order valence-electron chi connectivity index (χ2n) is 4.93. The first-order chi connectivity index (χ1) is 8.22. The molecule has 96 valence electrons. The van der Waals surface area contributed by atoms with Crippen molar-refractivity contribution in [2.75, 3.05) is 13.1 Å². The van der Waals surface area contributed by atoms with E-state index in [9.17, 15) is 0 Å². The third kappa shape index (κ3) is 3.10. The van der Waals surface area contributed by atoms with Crippen LogP contribution in [0, 0.1) is 12.8 Å². The lowest BCUT2D eigenvalue weighted by Gasteiger charge is -2.15. The Morgan fingerprint density at radius 3 is 3.06 bits per heavy atom. The number of aromatic nitrogens is 2. The predicted molar refractivity (Wildman–Crippen MR) is 74.3 cm³/mol. The van der Waals surface area contributed by atoms with Gasteiger partial charge in [-0.05, 0) is 68.0 Å². The highest BCUT2D eigenvalue weighted by atomic mass is 79.9. The lowest BCUT2D eigenvalue weighted by Crippen LogP contribution is -2.23. The first-order valence-electron chi connectivity index (χ1n) is 6.64. The molecule has 0 amide bonds. The molecule has 1 aromatic heterocycles. The van der Waals surface area contributed by atoms with Crippen molar-refractivity contribution in [3.63, 3.8) is 0 Å². The minimum absolute atomic E-state index is 0.759. The van der Waals surface area contributed by atoms with E-state index in [1.165, 1.54) is 36.0 Å². The van der Waals surface area contributed by atoms with Crippen molar-refractivity contribution in [1.29, 1.82) is 0 Å². The third-order valence-corrected chi connectivity index (χ3v) is 4.62. The Morgan fingerprint density at radius 1 is 1.47 bits per heavy atom. The highest BCUT2D eigenvalue weighted by molar-refractivity contribution is 9.10. The van der Waals surface area contributed by atoms with Gasteiger partial charge >= 0.3 is 0 Å². The zero-order chi connectivity index (χ0) is 12.3. The lowest BCUT2D eigenvalue weighted by atomic mass is 9.98. The summed E-state index contributed by atoms with van der Waals surface area (Å²) in [6.45, 7) is 7.53. The van der Waals surface area contributed by atoms with E-state index in [2.05, 4.69) is 44.9 Å². The van der Waals surface area contributed by atoms with Gasteiger partial charge in [-0.1, -0.05) is 6.42 Å². The number of hydrogen-bond donors (Lipinski definition) is 1. The number of hydrogen-bond acceptors (Lipinski definition) is 2. The number of nitrogens with one attached hydrogen (secondary N) is 1. The van der Waals surface area contributed by atoms with Crippen molar-refractivity contribution in [3.8, 4) is 0 Å². The van der Waals surface area contributed by atoms with Crippen LogP contribution in [0.25, 0.3) is 0 Å². The summed E-state index contributed by atoms with van der Waals surface area (Å²) in [7, 11) is 0. The molecule has 0 bridgehead atoms. The van der Waals surface area contributed by atoms with Gasteiger partial charge in [0, 0.05) is 6.54 Å². The normalized spacial score (nSPS) is 21.5. The van der Waals surface area contributed by atoms with Gasteiger partial charge in [-0.15, -0.1) is 0 Å². The molecule has 17 heavy (non-hydrogen) atoms. The molecule has 1 atom stereocenters. The Kier molecular flexibility index (Phi) is 4.62. The fourth-order valence-electron chi connectivity index (χ4n) is 2.60. The van der Waals surface area contributed by atoms with Crippen LogP contribution in [0.4, 0.5) is 0 Å². The Labute approximate surface area is 112 Å². The van der Waals surface area contributed by atoms with Gasteiger partial charge < -0.3 is 5.32 Å². The van der Waals surface area contributed by atoms with E-state index in [4.69, 9.17) is 0 Å². The summed E-state index contributed by atoms with van der Waals surface area (Å²) in [5, 5.41) is 8.10. The summed E-state index contributed by atoms with van der Waals surface area (Å²) in [5.74, 6) is 0.759. The van der Waals surface area contributed by atoms with Gasteiger partial charge in [-0.25, -0.2) is 0 Å². The van der Waals surface area contributed by atoms with Crippen molar-refractivity contribution in [2.45, 2.75) is 46.1 Å². The molecule has 0 saturated carbocycles. The number of halogens is 1. The predicted octanol–water partition coefficient (Wildman–Crippen LogP) is 2.91. The Hall–Kier alpha value is -0.350. The van der Waals surface area contributed by atoms with Gasteiger partial charge in [0.05, 0.1) is 15.9 Å². The molecule has 0 aromatic carbocycles. The molecule has 0 aliphatic carbocycles. The van der Waals surface area contributed by atoms with Crippen LogP contribution in [-0.4, -0.2) is 22.9 Å². The summed E-state index contributed by atoms with van der Waals surface area (Å²) in [6.07, 6.45) is 5.16. The Bertz CT molecular complexity index is 365. The smallest absolute Gasteiger partial charge is 0.0738 e. The first-order valence-corrected chi connectivity index (χ1v) is 7.44. The maximum Gasteiger partial charge on any atom is 0.0738 e. The number of rotatable bonds is 3. The van der Waals surface area contributed by atoms with E-state index >= 15 is 0 Å². The standard InChI is InChI=1S/C13H22BrN3/c1-3-17-12(13(14)10(2)16-17)8-11-6-4-5-7-15-9-11/h11,15H,3-9H2,1-2H3. The van der Waals surface area contributed by atoms with Crippen molar-refractivity contribution in [3.05, 3.63) is 15.9 Å². The van der Waals surface area contributed by atoms with Crippen LogP contribution in [0.3, 0.4) is 0 Å². The summed E-state index contributed by atoms with van der Waals surface area (Å²) in [6, 6.07) is 0. The summed E-state index contributed by atoms with van der Waals surface area (Å²) >= 11 is 3.68. The van der Waals surface area contributed by atoms with Gasteiger partial charge in [-0.3, -0.25) is 4.68 Å². The quantitative estimate of drug-likeness (QED) is 0.930. The van der Waals surface area contributed by atoms with E-state index in [1.807, 2.05) is 0 Å². The maximum atomic E-state index is 4.57. The van der Waals surface area contributed by atoms with Crippen molar-refractivity contribution < 1.29 is 0 Å². The zero-order valence-electron chi connectivity index (χ0n) is 10.8. The summed E-state index contributed by atoms with van der Waals surface area (Å²) < 4.78 is 3.35. The molecule has 1 aromatic rings. The molecule has 1 aliphatic heterocycles. The van der Waals surface area contributed by atoms with E-state index in [1.54, 1.807) is 0 Å². The second kappa shape index (κ2) is 6.01. The number of aryl methyl sites for hydroxylation is 2. The number of nitrogens with zero attached hydrogens (tertiary/aromatic N) is 2. The molecule has 1 saturated heterocycles. The molecule has 3 nitrogen and oxygen atoms in total. The largest absolute Gasteiger partial charge is 0.316 e. The average Bonchev–Trinajstić information content (AvgIpc) is 2.54. The fourth-order valence-corrected chi connectivity index (χ4v) is 3.05. The molecule has 1 fully saturated rings. The van der Waals surface area contributed by atoms with E-state index in [-0.39, 0.29) is 0 Å². The van der Waals surface area contributed by atoms with Crippen LogP contribution in [-0.2, 0) is 13.0 Å². The Morgan fingerprint density at radius 2 is 2.29 bits per heavy atom. The molecule has 2 heterocycles. The highest BCUT2D eigenvalue weighted by Crippen LogP contribution is 2.25. The third-order valence-electron chi connectivity index (χ3n) is 3.58. The molecule has 0 radical (unpaired) electrons. The Balaban J connectivity index is 2.11. The van der Waals surface area contributed by atoms with Crippen LogP contribution in [0.5, 0.6) is 0 Å². The van der Waals surface area contributed by atoms with E-state index < -0.39 is 0 Å². The maximum absolute atomic E-state index is 4.57. The SMILES string of the molecule is CCn1nc(C)c(Br)c1CC1CCCCNC1. The zero-order valence-corrected chi connectivity index (χ0v) is 12.4. The molecule has 1 unspecified atom stereocenters. The van der Waals surface area contributed by atoms with Gasteiger partial charge in [0.2, 0.25) is 0 Å². The lowest BCUT2D eigenvalue weighted by molar-refractivity contribution is 0.455. The molecular formula is C13H22BrN3. The summed E-state index contributed by atoms with van der Waals surface area (Å²) in [5.41, 5.74) is 2.49. The molecule has 0 spiro atoms. The van der Waals surface area contributed by atoms with Gasteiger partial charge in [0.15, 0.2) is 0 Å². The van der Waals surface area contributed by atoms with Crippen LogP contribution < -0.4 is 5.32 Å². The molecule has 2 rings (SSSR count). The van der Waals surface area contributed by atoms with E-state index in [0.29, 0.717) is 0 Å². The molecule has 4 heteroatoms.